The van der Waals surface area contributed by atoms with Crippen LogP contribution in [-0.2, 0) is 4.79 Å². The summed E-state index contributed by atoms with van der Waals surface area (Å²) in [6, 6.07) is 4.65. The Morgan fingerprint density at radius 2 is 2.11 bits per heavy atom. The maximum Gasteiger partial charge on any atom is 0.339 e. The van der Waals surface area contributed by atoms with Gasteiger partial charge in [-0.25, -0.2) is 4.79 Å². The average molecular weight is 280 g/mol. The molecule has 5 heteroatoms. The number of hydrogen-bond donors (Lipinski definition) is 2. The summed E-state index contributed by atoms with van der Waals surface area (Å²) in [5.74, 6) is -1.41. The number of carboxylic acid groups (broad SMARTS) is 1. The first-order valence-corrected chi connectivity index (χ1v) is 6.45. The van der Waals surface area contributed by atoms with E-state index in [0.29, 0.717) is 6.42 Å². The lowest BCUT2D eigenvalue weighted by atomic mass is 9.93. The van der Waals surface area contributed by atoms with Gasteiger partial charge in [-0.1, -0.05) is 29.8 Å². The third kappa shape index (κ3) is 3.15. The average Bonchev–Trinajstić information content (AvgIpc) is 2.39. The van der Waals surface area contributed by atoms with Crippen molar-refractivity contribution in [2.75, 3.05) is 5.32 Å². The van der Waals surface area contributed by atoms with Gasteiger partial charge in [0.2, 0.25) is 5.91 Å². The van der Waals surface area contributed by atoms with Gasteiger partial charge in [-0.05, 0) is 31.4 Å². The molecule has 0 aliphatic heterocycles. The quantitative estimate of drug-likeness (QED) is 0.834. The first-order valence-electron chi connectivity index (χ1n) is 6.07. The fourth-order valence-corrected chi connectivity index (χ4v) is 2.37. The van der Waals surface area contributed by atoms with Crippen LogP contribution in [0.2, 0.25) is 5.02 Å². The van der Waals surface area contributed by atoms with E-state index in [0.717, 1.165) is 12.8 Å². The number of anilines is 1. The summed E-state index contributed by atoms with van der Waals surface area (Å²) in [7, 11) is 0. The Kier molecular flexibility index (Phi) is 4.22. The number of amides is 1. The number of carboxylic acids is 1. The number of aromatic carboxylic acids is 1. The molecule has 2 rings (SSSR count). The lowest BCUT2D eigenvalue weighted by molar-refractivity contribution is -0.120. The molecule has 4 nitrogen and oxygen atoms in total. The topological polar surface area (TPSA) is 66.4 Å². The molecule has 2 N–H and O–H groups in total. The molecule has 0 fully saturated rings. The lowest BCUT2D eigenvalue weighted by Crippen LogP contribution is -2.24. The maximum atomic E-state index is 12.1. The van der Waals surface area contributed by atoms with Crippen molar-refractivity contribution in [1.82, 2.24) is 0 Å². The highest BCUT2D eigenvalue weighted by atomic mass is 35.5. The molecule has 1 aromatic rings. The van der Waals surface area contributed by atoms with Gasteiger partial charge in [-0.15, -0.1) is 0 Å². The predicted molar refractivity (Wildman–Crippen MR) is 73.5 cm³/mol. The molecule has 0 heterocycles. The minimum atomic E-state index is -1.15. The second-order valence-corrected chi connectivity index (χ2v) is 4.85. The number of carbonyl (C=O) groups is 2. The van der Waals surface area contributed by atoms with Crippen molar-refractivity contribution in [3.05, 3.63) is 40.9 Å². The summed E-state index contributed by atoms with van der Waals surface area (Å²) in [6.07, 6.45) is 6.37. The molecule has 0 bridgehead atoms. The van der Waals surface area contributed by atoms with E-state index in [-0.39, 0.29) is 28.1 Å². The highest BCUT2D eigenvalue weighted by Gasteiger charge is 2.21. The number of nitrogens with one attached hydrogen (secondary N) is 1. The van der Waals surface area contributed by atoms with Gasteiger partial charge in [0, 0.05) is 5.92 Å². The Balaban J connectivity index is 2.19. The van der Waals surface area contributed by atoms with E-state index < -0.39 is 5.97 Å². The molecule has 0 spiro atoms. The van der Waals surface area contributed by atoms with Crippen molar-refractivity contribution in [3.8, 4) is 0 Å². The molecule has 1 aliphatic rings. The van der Waals surface area contributed by atoms with Gasteiger partial charge in [-0.3, -0.25) is 4.79 Å². The molecular formula is C14H14ClNO3. The van der Waals surface area contributed by atoms with Crippen molar-refractivity contribution < 1.29 is 14.7 Å². The van der Waals surface area contributed by atoms with Gasteiger partial charge in [0.1, 0.15) is 5.56 Å². The SMILES string of the molecule is O=C(O)c1c(Cl)cccc1NC(=O)C1CC=CCC1. The standard InChI is InChI=1S/C14H14ClNO3/c15-10-7-4-8-11(12(10)14(18)19)16-13(17)9-5-2-1-3-6-9/h1-2,4,7-9H,3,5-6H2,(H,16,17)(H,18,19). The van der Waals surface area contributed by atoms with E-state index in [1.807, 2.05) is 12.2 Å². The van der Waals surface area contributed by atoms with Gasteiger partial charge in [0.05, 0.1) is 10.7 Å². The van der Waals surface area contributed by atoms with Gasteiger partial charge >= 0.3 is 5.97 Å². The Morgan fingerprint density at radius 1 is 1.32 bits per heavy atom. The Labute approximate surface area is 116 Å². The van der Waals surface area contributed by atoms with Gasteiger partial charge in [0.15, 0.2) is 0 Å². The van der Waals surface area contributed by atoms with Gasteiger partial charge in [-0.2, -0.15) is 0 Å². The van der Waals surface area contributed by atoms with Crippen LogP contribution in [0.25, 0.3) is 0 Å². The summed E-state index contributed by atoms with van der Waals surface area (Å²) in [4.78, 5) is 23.2. The molecule has 19 heavy (non-hydrogen) atoms. The zero-order valence-electron chi connectivity index (χ0n) is 10.2. The van der Waals surface area contributed by atoms with Crippen LogP contribution in [0.1, 0.15) is 29.6 Å². The number of carbonyl (C=O) groups excluding carboxylic acids is 1. The molecule has 0 saturated carbocycles. The summed E-state index contributed by atoms with van der Waals surface area (Å²) >= 11 is 5.85. The van der Waals surface area contributed by atoms with Crippen molar-refractivity contribution in [2.24, 2.45) is 5.92 Å². The zero-order valence-corrected chi connectivity index (χ0v) is 11.0. The summed E-state index contributed by atoms with van der Waals surface area (Å²) in [5.41, 5.74) is 0.184. The fourth-order valence-electron chi connectivity index (χ4n) is 2.11. The third-order valence-electron chi connectivity index (χ3n) is 3.13. The number of rotatable bonds is 3. The Bertz CT molecular complexity index is 539. The van der Waals surface area contributed by atoms with Crippen molar-refractivity contribution in [3.63, 3.8) is 0 Å². The van der Waals surface area contributed by atoms with Crippen molar-refractivity contribution in [2.45, 2.75) is 19.3 Å². The van der Waals surface area contributed by atoms with Crippen LogP contribution in [0.5, 0.6) is 0 Å². The van der Waals surface area contributed by atoms with E-state index in [2.05, 4.69) is 5.32 Å². The van der Waals surface area contributed by atoms with Crippen LogP contribution in [-0.4, -0.2) is 17.0 Å². The molecule has 1 atom stereocenters. The highest BCUT2D eigenvalue weighted by molar-refractivity contribution is 6.34. The first kappa shape index (κ1) is 13.6. The van der Waals surface area contributed by atoms with Crippen LogP contribution in [0.4, 0.5) is 5.69 Å². The number of allylic oxidation sites excluding steroid dienone is 2. The lowest BCUT2D eigenvalue weighted by Gasteiger charge is -2.18. The molecule has 1 aliphatic carbocycles. The zero-order chi connectivity index (χ0) is 13.8. The first-order chi connectivity index (χ1) is 9.09. The second kappa shape index (κ2) is 5.89. The number of halogens is 1. The van der Waals surface area contributed by atoms with E-state index in [1.54, 1.807) is 12.1 Å². The molecule has 1 unspecified atom stereocenters. The highest BCUT2D eigenvalue weighted by Crippen LogP contribution is 2.26. The minimum absolute atomic E-state index is 0.0659. The van der Waals surface area contributed by atoms with Crippen LogP contribution in [0.15, 0.2) is 30.4 Å². The summed E-state index contributed by atoms with van der Waals surface area (Å²) in [5, 5.41) is 11.9. The van der Waals surface area contributed by atoms with Crippen LogP contribution in [0, 0.1) is 5.92 Å². The molecule has 0 radical (unpaired) electrons. The summed E-state index contributed by atoms with van der Waals surface area (Å²) in [6.45, 7) is 0. The Morgan fingerprint density at radius 3 is 2.74 bits per heavy atom. The van der Waals surface area contributed by atoms with Crippen LogP contribution < -0.4 is 5.32 Å². The van der Waals surface area contributed by atoms with Crippen molar-refractivity contribution in [1.29, 1.82) is 0 Å². The van der Waals surface area contributed by atoms with E-state index in [9.17, 15) is 9.59 Å². The monoisotopic (exact) mass is 279 g/mol. The minimum Gasteiger partial charge on any atom is -0.478 e. The summed E-state index contributed by atoms with van der Waals surface area (Å²) < 4.78 is 0. The normalized spacial score (nSPS) is 18.1. The molecule has 100 valence electrons. The van der Waals surface area contributed by atoms with Gasteiger partial charge in [0.25, 0.3) is 0 Å². The fraction of sp³-hybridized carbons (Fsp3) is 0.286. The van der Waals surface area contributed by atoms with Crippen molar-refractivity contribution >= 4 is 29.2 Å². The molecule has 0 aromatic heterocycles. The maximum absolute atomic E-state index is 12.1. The smallest absolute Gasteiger partial charge is 0.339 e. The predicted octanol–water partition coefficient (Wildman–Crippen LogP) is 3.33. The van der Waals surface area contributed by atoms with Gasteiger partial charge < -0.3 is 10.4 Å². The molecular weight excluding hydrogens is 266 g/mol. The largest absolute Gasteiger partial charge is 0.478 e. The second-order valence-electron chi connectivity index (χ2n) is 4.44. The molecule has 1 aromatic carbocycles. The Hall–Kier alpha value is -1.81. The number of hydrogen-bond acceptors (Lipinski definition) is 2. The van der Waals surface area contributed by atoms with Crippen LogP contribution in [0.3, 0.4) is 0 Å². The third-order valence-corrected chi connectivity index (χ3v) is 3.44. The van der Waals surface area contributed by atoms with Crippen LogP contribution >= 0.6 is 11.6 Å². The van der Waals surface area contributed by atoms with E-state index >= 15 is 0 Å². The van der Waals surface area contributed by atoms with E-state index in [1.165, 1.54) is 6.07 Å². The number of benzene rings is 1. The molecule has 1 amide bonds. The van der Waals surface area contributed by atoms with E-state index in [4.69, 9.17) is 16.7 Å². The molecule has 0 saturated heterocycles.